The van der Waals surface area contributed by atoms with E-state index < -0.39 is 0 Å². The summed E-state index contributed by atoms with van der Waals surface area (Å²) in [6.07, 6.45) is 3.57. The Labute approximate surface area is 86.7 Å². The zero-order valence-electron chi connectivity index (χ0n) is 5.92. The molecule has 11 heavy (non-hydrogen) atoms. The van der Waals surface area contributed by atoms with Crippen molar-refractivity contribution >= 4 is 40.8 Å². The predicted octanol–water partition coefficient (Wildman–Crippen LogP) is 1.78. The standard InChI is InChI=1S/C6H7N.Cl2O.H2Se/c1-6-2-4-7-5-3-6;1-3-2;/h2-5H,1H3;;1H2. The van der Waals surface area contributed by atoms with Gasteiger partial charge >= 0.3 is 17.1 Å². The molecule has 0 aliphatic heterocycles. The second kappa shape index (κ2) is 10.2. The molecule has 0 aliphatic rings. The first kappa shape index (κ1) is 13.8. The molecule has 0 N–H and O–H groups in total. The molecule has 0 saturated heterocycles. The van der Waals surface area contributed by atoms with Gasteiger partial charge in [0, 0.05) is 12.4 Å². The van der Waals surface area contributed by atoms with Gasteiger partial charge in [-0.3, -0.25) is 4.98 Å². The molecule has 1 rings (SSSR count). The molecule has 0 aliphatic carbocycles. The van der Waals surface area contributed by atoms with Gasteiger partial charge in [-0.05, 0) is 24.6 Å². The number of hydrogen-bond acceptors (Lipinski definition) is 2. The Kier molecular flexibility index (Phi) is 12.8. The van der Waals surface area contributed by atoms with Gasteiger partial charge in [-0.25, -0.2) is 0 Å². The molecule has 1 heterocycles. The van der Waals surface area contributed by atoms with Gasteiger partial charge in [-0.2, -0.15) is 3.84 Å². The fourth-order valence-electron chi connectivity index (χ4n) is 0.426. The van der Waals surface area contributed by atoms with Crippen LogP contribution in [0.4, 0.5) is 0 Å². The summed E-state index contributed by atoms with van der Waals surface area (Å²) in [5.41, 5.74) is 1.26. The Balaban J connectivity index is 0. The second-order valence-corrected chi connectivity index (χ2v) is 2.05. The van der Waals surface area contributed by atoms with Crippen LogP contribution in [0.1, 0.15) is 5.56 Å². The predicted molar refractivity (Wildman–Crippen MR) is 50.3 cm³/mol. The summed E-state index contributed by atoms with van der Waals surface area (Å²) in [6, 6.07) is 3.94. The van der Waals surface area contributed by atoms with Crippen LogP contribution in [0.15, 0.2) is 24.5 Å². The van der Waals surface area contributed by atoms with Crippen molar-refractivity contribution in [3.8, 4) is 0 Å². The fourth-order valence-corrected chi connectivity index (χ4v) is 0.426. The van der Waals surface area contributed by atoms with Crippen LogP contribution < -0.4 is 0 Å². The van der Waals surface area contributed by atoms with Crippen molar-refractivity contribution in [1.29, 1.82) is 0 Å². The number of nitrogens with zero attached hydrogens (tertiary/aromatic N) is 1. The molecule has 1 aromatic rings. The number of aryl methyl sites for hydroxylation is 1. The van der Waals surface area contributed by atoms with Crippen LogP contribution in [0.3, 0.4) is 0 Å². The maximum atomic E-state index is 4.26. The average molecular weight is 261 g/mol. The third kappa shape index (κ3) is 10.2. The number of rotatable bonds is 0. The van der Waals surface area contributed by atoms with Crippen molar-refractivity contribution < 1.29 is 3.84 Å². The van der Waals surface area contributed by atoms with Crippen molar-refractivity contribution in [3.63, 3.8) is 0 Å². The van der Waals surface area contributed by atoms with Crippen molar-refractivity contribution in [2.24, 2.45) is 0 Å². The molecule has 0 saturated carbocycles. The van der Waals surface area contributed by atoms with E-state index in [0.29, 0.717) is 0 Å². The molecule has 1 aromatic heterocycles. The van der Waals surface area contributed by atoms with Crippen LogP contribution in [-0.4, -0.2) is 22.1 Å². The van der Waals surface area contributed by atoms with Gasteiger partial charge in [0.05, 0.1) is 23.7 Å². The summed E-state index contributed by atoms with van der Waals surface area (Å²) in [5, 5.41) is 0. The molecule has 0 spiro atoms. The monoisotopic (exact) mass is 261 g/mol. The summed E-state index contributed by atoms with van der Waals surface area (Å²) < 4.78 is 3.19. The van der Waals surface area contributed by atoms with Crippen molar-refractivity contribution in [3.05, 3.63) is 30.1 Å². The molecular weight excluding hydrogens is 252 g/mol. The molecule has 0 bridgehead atoms. The van der Waals surface area contributed by atoms with Gasteiger partial charge in [-0.15, -0.1) is 0 Å². The van der Waals surface area contributed by atoms with Crippen LogP contribution in [0.5, 0.6) is 0 Å². The summed E-state index contributed by atoms with van der Waals surface area (Å²) in [4.78, 5) is 3.85. The van der Waals surface area contributed by atoms with Crippen molar-refractivity contribution in [2.45, 2.75) is 6.92 Å². The van der Waals surface area contributed by atoms with E-state index in [1.54, 1.807) is 12.4 Å². The Bertz CT molecular complexity index is 162. The first-order valence-electron chi connectivity index (χ1n) is 2.57. The second-order valence-electron chi connectivity index (χ2n) is 1.58. The quantitative estimate of drug-likeness (QED) is 0.664. The van der Waals surface area contributed by atoms with E-state index in [1.165, 1.54) is 5.56 Å². The third-order valence-corrected chi connectivity index (χ3v) is 0.847. The number of pyridine rings is 1. The summed E-state index contributed by atoms with van der Waals surface area (Å²) in [5.74, 6) is 0. The zero-order chi connectivity index (χ0) is 7.82. The topological polar surface area (TPSA) is 22.1 Å². The molecule has 5 heteroatoms. The number of aromatic nitrogens is 1. The Morgan fingerprint density at radius 1 is 1.27 bits per heavy atom. The zero-order valence-corrected chi connectivity index (χ0v) is 9.53. The molecule has 0 radical (unpaired) electrons. The van der Waals surface area contributed by atoms with Crippen LogP contribution in [0.25, 0.3) is 0 Å². The van der Waals surface area contributed by atoms with Gasteiger partial charge in [-0.1, -0.05) is 0 Å². The van der Waals surface area contributed by atoms with E-state index in [2.05, 4.69) is 32.6 Å². The molecule has 2 nitrogen and oxygen atoms in total. The molecule has 0 fully saturated rings. The van der Waals surface area contributed by atoms with Gasteiger partial charge in [0.25, 0.3) is 0 Å². The van der Waals surface area contributed by atoms with Gasteiger partial charge < -0.3 is 0 Å². The summed E-state index contributed by atoms with van der Waals surface area (Å²) in [7, 11) is 0. The minimum absolute atomic E-state index is 0. The molecular formula is C6H9Cl2NOSe. The minimum atomic E-state index is 0. The van der Waals surface area contributed by atoms with E-state index in [9.17, 15) is 0 Å². The Morgan fingerprint density at radius 2 is 1.64 bits per heavy atom. The van der Waals surface area contributed by atoms with Gasteiger partial charge in [0.1, 0.15) is 0 Å². The van der Waals surface area contributed by atoms with Crippen molar-refractivity contribution in [2.75, 3.05) is 0 Å². The number of hydrogen-bond donors (Lipinski definition) is 0. The molecule has 0 aromatic carbocycles. The summed E-state index contributed by atoms with van der Waals surface area (Å²) in [6.45, 7) is 2.04. The van der Waals surface area contributed by atoms with Crippen LogP contribution >= 0.6 is 23.7 Å². The maximum absolute atomic E-state index is 4.26. The van der Waals surface area contributed by atoms with Gasteiger partial charge in [0.15, 0.2) is 0 Å². The van der Waals surface area contributed by atoms with Gasteiger partial charge in [0.2, 0.25) is 0 Å². The van der Waals surface area contributed by atoms with Crippen LogP contribution in [0.2, 0.25) is 0 Å². The third-order valence-electron chi connectivity index (χ3n) is 0.847. The van der Waals surface area contributed by atoms with E-state index in [4.69, 9.17) is 0 Å². The Morgan fingerprint density at radius 3 is 1.82 bits per heavy atom. The molecule has 64 valence electrons. The summed E-state index contributed by atoms with van der Waals surface area (Å²) >= 11 is 8.53. The first-order valence-corrected chi connectivity index (χ1v) is 3.19. The van der Waals surface area contributed by atoms with Crippen LogP contribution in [-0.2, 0) is 3.84 Å². The molecule has 0 unspecified atom stereocenters. The van der Waals surface area contributed by atoms with E-state index in [0.717, 1.165) is 0 Å². The average Bonchev–Trinajstić information content (AvgIpc) is 1.91. The normalized spacial score (nSPS) is 7.18. The van der Waals surface area contributed by atoms with Crippen molar-refractivity contribution in [1.82, 2.24) is 4.98 Å². The van der Waals surface area contributed by atoms with Crippen LogP contribution in [0, 0.1) is 6.92 Å². The SMILES string of the molecule is Cc1ccncc1.ClOCl.[SeH2]. The van der Waals surface area contributed by atoms with E-state index in [-0.39, 0.29) is 17.1 Å². The number of halogens is 2. The molecule has 0 atom stereocenters. The first-order chi connectivity index (χ1) is 4.81. The Hall–Kier alpha value is 0.209. The fraction of sp³-hybridized carbons (Fsp3) is 0.167. The molecule has 0 amide bonds. The van der Waals surface area contributed by atoms with E-state index >= 15 is 0 Å². The van der Waals surface area contributed by atoms with E-state index in [1.807, 2.05) is 19.1 Å².